The van der Waals surface area contributed by atoms with Gasteiger partial charge in [0.1, 0.15) is 5.75 Å². The van der Waals surface area contributed by atoms with Gasteiger partial charge in [-0.25, -0.2) is 0 Å². The average Bonchev–Trinajstić information content (AvgIpc) is 3.09. The lowest BCUT2D eigenvalue weighted by Gasteiger charge is -2.16. The lowest BCUT2D eigenvalue weighted by molar-refractivity contribution is 0.0516. The first-order valence-electron chi connectivity index (χ1n) is 8.22. The fourth-order valence-corrected chi connectivity index (χ4v) is 5.11. The van der Waals surface area contributed by atoms with E-state index >= 15 is 0 Å². The van der Waals surface area contributed by atoms with Crippen molar-refractivity contribution in [3.05, 3.63) is 68.9 Å². The van der Waals surface area contributed by atoms with Crippen molar-refractivity contribution in [2.24, 2.45) is 0 Å². The summed E-state index contributed by atoms with van der Waals surface area (Å²) >= 11 is 9.34. The maximum absolute atomic E-state index is 13.2. The minimum absolute atomic E-state index is 0.0458. The zero-order chi connectivity index (χ0) is 18.8. The summed E-state index contributed by atoms with van der Waals surface area (Å²) in [7, 11) is 1.56. The van der Waals surface area contributed by atoms with E-state index < -0.39 is 0 Å². The number of fused-ring (bicyclic) bond motifs is 2. The highest BCUT2D eigenvalue weighted by molar-refractivity contribution is 7.98. The Morgan fingerprint density at radius 2 is 2.07 bits per heavy atom. The average molecular weight is 418 g/mol. The fourth-order valence-electron chi connectivity index (χ4n) is 2.90. The molecule has 1 aromatic heterocycles. The molecule has 0 amide bonds. The third kappa shape index (κ3) is 3.71. The van der Waals surface area contributed by atoms with Crippen LogP contribution in [0.3, 0.4) is 0 Å². The second-order valence-electron chi connectivity index (χ2n) is 5.89. The van der Waals surface area contributed by atoms with Crippen molar-refractivity contribution < 1.29 is 14.3 Å². The molecule has 1 aliphatic heterocycles. The summed E-state index contributed by atoms with van der Waals surface area (Å²) < 4.78 is 10.6. The van der Waals surface area contributed by atoms with Gasteiger partial charge in [0.2, 0.25) is 5.78 Å². The molecule has 0 aliphatic carbocycles. The summed E-state index contributed by atoms with van der Waals surface area (Å²) in [6.45, 7) is 0.122. The number of carbonyl (C=O) groups excluding carboxylic acids is 1. The number of thioether (sulfide) groups is 1. The van der Waals surface area contributed by atoms with Gasteiger partial charge in [0, 0.05) is 22.8 Å². The van der Waals surface area contributed by atoms with E-state index in [4.69, 9.17) is 21.1 Å². The predicted molar refractivity (Wildman–Crippen MR) is 111 cm³/mol. The molecule has 3 aromatic rings. The van der Waals surface area contributed by atoms with Gasteiger partial charge >= 0.3 is 0 Å². The standard InChI is InChI=1S/C20H16ClNO3S2/c1-24-11-25-16-6-5-13(21)9-15(16)22-14-3-2-4-17-18(14)19(23)20-12(10-27-17)7-8-26-20/h2-9,22H,10-11H2,1H3. The van der Waals surface area contributed by atoms with E-state index in [1.165, 1.54) is 11.3 Å². The third-order valence-corrected chi connectivity index (χ3v) is 6.43. The van der Waals surface area contributed by atoms with Crippen LogP contribution in [0.2, 0.25) is 5.02 Å². The minimum Gasteiger partial charge on any atom is -0.465 e. The van der Waals surface area contributed by atoms with Crippen molar-refractivity contribution in [3.63, 3.8) is 0 Å². The molecular weight excluding hydrogens is 402 g/mol. The molecule has 2 aromatic carbocycles. The number of thiophene rings is 1. The van der Waals surface area contributed by atoms with Gasteiger partial charge in [-0.3, -0.25) is 4.79 Å². The molecule has 0 bridgehead atoms. The third-order valence-electron chi connectivity index (χ3n) is 4.13. The number of nitrogens with one attached hydrogen (secondary N) is 1. The number of benzene rings is 2. The molecule has 0 saturated carbocycles. The summed E-state index contributed by atoms with van der Waals surface area (Å²) in [5.74, 6) is 1.44. The van der Waals surface area contributed by atoms with Crippen molar-refractivity contribution in [2.45, 2.75) is 10.6 Å². The van der Waals surface area contributed by atoms with Crippen LogP contribution in [0.1, 0.15) is 20.8 Å². The second-order valence-corrected chi connectivity index (χ2v) is 8.26. The van der Waals surface area contributed by atoms with E-state index in [1.54, 1.807) is 37.1 Å². The zero-order valence-electron chi connectivity index (χ0n) is 14.5. The number of ketones is 1. The maximum atomic E-state index is 13.2. The molecule has 1 aliphatic rings. The first-order valence-corrected chi connectivity index (χ1v) is 10.5. The minimum atomic E-state index is 0.0458. The van der Waals surface area contributed by atoms with Crippen LogP contribution in [0.5, 0.6) is 5.75 Å². The summed E-state index contributed by atoms with van der Waals surface area (Å²) in [6.07, 6.45) is 0. The Hall–Kier alpha value is -1.99. The van der Waals surface area contributed by atoms with Crippen LogP contribution in [0, 0.1) is 0 Å². The number of halogens is 1. The number of ether oxygens (including phenoxy) is 2. The molecular formula is C20H16ClNO3S2. The first-order chi connectivity index (χ1) is 13.2. The Labute approximate surface area is 170 Å². The highest BCUT2D eigenvalue weighted by atomic mass is 35.5. The van der Waals surface area contributed by atoms with Crippen molar-refractivity contribution in [2.75, 3.05) is 19.2 Å². The van der Waals surface area contributed by atoms with Gasteiger partial charge in [-0.1, -0.05) is 17.7 Å². The van der Waals surface area contributed by atoms with E-state index in [0.717, 1.165) is 26.8 Å². The summed E-state index contributed by atoms with van der Waals surface area (Å²) in [5.41, 5.74) is 3.18. The molecule has 0 unspecified atom stereocenters. The molecule has 1 N–H and O–H groups in total. The van der Waals surface area contributed by atoms with Gasteiger partial charge in [-0.2, -0.15) is 0 Å². The smallest absolute Gasteiger partial charge is 0.206 e. The largest absolute Gasteiger partial charge is 0.465 e. The highest BCUT2D eigenvalue weighted by Crippen LogP contribution is 2.41. The maximum Gasteiger partial charge on any atom is 0.206 e. The SMILES string of the molecule is COCOc1ccc(Cl)cc1Nc1cccc2c1C(=O)c1sccc1CS2. The van der Waals surface area contributed by atoms with Crippen LogP contribution in [0.15, 0.2) is 52.7 Å². The monoisotopic (exact) mass is 417 g/mol. The van der Waals surface area contributed by atoms with Gasteiger partial charge in [0.15, 0.2) is 6.79 Å². The van der Waals surface area contributed by atoms with Gasteiger partial charge in [-0.05, 0) is 47.3 Å². The highest BCUT2D eigenvalue weighted by Gasteiger charge is 2.25. The van der Waals surface area contributed by atoms with Crippen LogP contribution in [-0.4, -0.2) is 19.7 Å². The van der Waals surface area contributed by atoms with Crippen molar-refractivity contribution >= 4 is 51.9 Å². The van der Waals surface area contributed by atoms with Crippen LogP contribution in [0.4, 0.5) is 11.4 Å². The van der Waals surface area contributed by atoms with E-state index in [1.807, 2.05) is 29.6 Å². The Bertz CT molecular complexity index is 1000. The Kier molecular flexibility index (Phi) is 5.41. The van der Waals surface area contributed by atoms with Crippen molar-refractivity contribution in [1.29, 1.82) is 0 Å². The molecule has 138 valence electrons. The predicted octanol–water partition coefficient (Wildman–Crippen LogP) is 5.96. The lowest BCUT2D eigenvalue weighted by atomic mass is 10.0. The number of hydrogen-bond acceptors (Lipinski definition) is 6. The van der Waals surface area contributed by atoms with E-state index in [2.05, 4.69) is 5.32 Å². The molecule has 4 nitrogen and oxygen atoms in total. The molecule has 0 fully saturated rings. The normalized spacial score (nSPS) is 12.9. The second kappa shape index (κ2) is 7.94. The van der Waals surface area contributed by atoms with Crippen LogP contribution in [0.25, 0.3) is 0 Å². The quantitative estimate of drug-likeness (QED) is 0.518. The Morgan fingerprint density at radius 3 is 2.93 bits per heavy atom. The summed E-state index contributed by atoms with van der Waals surface area (Å²) in [5, 5.41) is 5.88. The molecule has 0 spiro atoms. The van der Waals surface area contributed by atoms with Crippen LogP contribution >= 0.6 is 34.7 Å². The van der Waals surface area contributed by atoms with Gasteiger partial charge in [0.25, 0.3) is 0 Å². The molecule has 2 heterocycles. The number of methoxy groups -OCH3 is 1. The molecule has 27 heavy (non-hydrogen) atoms. The Morgan fingerprint density at radius 1 is 1.19 bits per heavy atom. The molecule has 0 saturated heterocycles. The Balaban J connectivity index is 1.76. The van der Waals surface area contributed by atoms with Crippen molar-refractivity contribution in [1.82, 2.24) is 0 Å². The van der Waals surface area contributed by atoms with Gasteiger partial charge in [0.05, 0.1) is 21.8 Å². The molecule has 4 rings (SSSR count). The van der Waals surface area contributed by atoms with Crippen LogP contribution < -0.4 is 10.1 Å². The van der Waals surface area contributed by atoms with E-state index in [-0.39, 0.29) is 12.6 Å². The number of anilines is 2. The van der Waals surface area contributed by atoms with Gasteiger partial charge in [-0.15, -0.1) is 23.1 Å². The van der Waals surface area contributed by atoms with Gasteiger partial charge < -0.3 is 14.8 Å². The van der Waals surface area contributed by atoms with E-state index in [9.17, 15) is 4.79 Å². The summed E-state index contributed by atoms with van der Waals surface area (Å²) in [6, 6.07) is 13.2. The zero-order valence-corrected chi connectivity index (χ0v) is 16.8. The topological polar surface area (TPSA) is 47.6 Å². The van der Waals surface area contributed by atoms with E-state index in [0.29, 0.717) is 22.0 Å². The van der Waals surface area contributed by atoms with Crippen molar-refractivity contribution in [3.8, 4) is 5.75 Å². The molecule has 7 heteroatoms. The molecule has 0 radical (unpaired) electrons. The molecule has 0 atom stereocenters. The number of carbonyl (C=O) groups is 1. The lowest BCUT2D eigenvalue weighted by Crippen LogP contribution is -2.07. The summed E-state index contributed by atoms with van der Waals surface area (Å²) in [4.78, 5) is 15.0. The van der Waals surface area contributed by atoms with Crippen LogP contribution in [-0.2, 0) is 10.5 Å². The number of hydrogen-bond donors (Lipinski definition) is 1. The number of rotatable bonds is 5. The first kappa shape index (κ1) is 18.4. The fraction of sp³-hybridized carbons (Fsp3) is 0.150.